The maximum absolute atomic E-state index is 2.62. The Morgan fingerprint density at radius 3 is 1.45 bits per heavy atom. The predicted octanol–water partition coefficient (Wildman–Crippen LogP) is 19.8. The van der Waals surface area contributed by atoms with Crippen LogP contribution in [0.25, 0.3) is 93.9 Å². The number of nitrogens with zero attached hydrogens (tertiary/aromatic N) is 2. The van der Waals surface area contributed by atoms with Gasteiger partial charge in [0, 0.05) is 27.6 Å². The largest absolute Gasteiger partial charge is 0.309 e. The average molecular weight is 1010 g/mol. The van der Waals surface area contributed by atoms with Gasteiger partial charge in [0.1, 0.15) is 0 Å². The van der Waals surface area contributed by atoms with Gasteiger partial charge in [-0.05, 0) is 136 Å². The number of benzene rings is 13. The molecule has 2 heterocycles. The van der Waals surface area contributed by atoms with Gasteiger partial charge >= 0.3 is 0 Å². The summed E-state index contributed by atoms with van der Waals surface area (Å²) in [6, 6.07) is 110. The molecule has 0 radical (unpaired) electrons. The molecular formula is C78H48N2. The molecule has 0 fully saturated rings. The molecule has 80 heavy (non-hydrogen) atoms. The lowest BCUT2D eigenvalue weighted by molar-refractivity contribution is 0.748. The first kappa shape index (κ1) is 43.8. The summed E-state index contributed by atoms with van der Waals surface area (Å²) in [5.41, 5.74) is 28.8. The lowest BCUT2D eigenvalue weighted by Crippen LogP contribution is -2.33. The monoisotopic (exact) mass is 1010 g/mol. The zero-order chi connectivity index (χ0) is 52.3. The van der Waals surface area contributed by atoms with E-state index < -0.39 is 10.8 Å². The van der Waals surface area contributed by atoms with Gasteiger partial charge in [-0.3, -0.25) is 0 Å². The van der Waals surface area contributed by atoms with Crippen molar-refractivity contribution in [2.75, 3.05) is 4.90 Å². The standard InChI is InChI=1S/C78H48N2/c1-2-24-51-49(22-1)23-19-33-52(51)53-25-3-4-26-54(53)59-30-9-16-42-71(59)79(50-46-47-58-57-29-7-13-37-65(57)77(70(58)48-50)63-35-11-5-27-55(63)56-28-6-12-36-64(56)77)74-45-21-40-68-75(74)62-32-8-14-38-66(62)78(68)67-39-15-18-44-73(67)80-72-43-17-10-31-60(72)61-34-20-41-69(78)76(61)80/h1-48H. The quantitative estimate of drug-likeness (QED) is 0.167. The molecule has 2 heteroatoms. The fourth-order valence-electron chi connectivity index (χ4n) is 15.7. The van der Waals surface area contributed by atoms with Gasteiger partial charge in [-0.1, -0.05) is 255 Å². The van der Waals surface area contributed by atoms with E-state index >= 15 is 0 Å². The molecule has 0 saturated carbocycles. The van der Waals surface area contributed by atoms with Crippen molar-refractivity contribution >= 4 is 49.6 Å². The fraction of sp³-hybridized carbons (Fsp3) is 0.0256. The van der Waals surface area contributed by atoms with Crippen LogP contribution in [0.5, 0.6) is 0 Å². The highest BCUT2D eigenvalue weighted by molar-refractivity contribution is 6.14. The highest BCUT2D eigenvalue weighted by Crippen LogP contribution is 2.66. The van der Waals surface area contributed by atoms with Crippen LogP contribution in [-0.4, -0.2) is 4.57 Å². The molecule has 1 unspecified atom stereocenters. The van der Waals surface area contributed by atoms with Gasteiger partial charge in [0.05, 0.1) is 38.9 Å². The SMILES string of the molecule is c1ccc(-c2cccc3ccccc23)c(-c2ccccc2N(c2ccc3c(c2)C2(c4ccccc4-c4ccccc42)c2ccccc2-3)c2cccc3c2-c2ccccc2C32c3ccccc3-n3c4ccccc4c4cccc2c43)c1. The van der Waals surface area contributed by atoms with Gasteiger partial charge < -0.3 is 9.47 Å². The van der Waals surface area contributed by atoms with E-state index in [2.05, 4.69) is 301 Å². The van der Waals surface area contributed by atoms with Crippen molar-refractivity contribution in [1.82, 2.24) is 4.57 Å². The van der Waals surface area contributed by atoms with E-state index in [9.17, 15) is 0 Å². The number of fused-ring (bicyclic) bond motifs is 23. The number of rotatable bonds is 5. The normalized spacial score (nSPS) is 15.2. The Kier molecular flexibility index (Phi) is 8.83. The van der Waals surface area contributed by atoms with Crippen molar-refractivity contribution in [2.24, 2.45) is 0 Å². The molecule has 0 N–H and O–H groups in total. The first-order chi connectivity index (χ1) is 39.7. The lowest BCUT2D eigenvalue weighted by atomic mass is 9.65. The highest BCUT2D eigenvalue weighted by Gasteiger charge is 2.54. The van der Waals surface area contributed by atoms with Gasteiger partial charge in [0.25, 0.3) is 0 Å². The van der Waals surface area contributed by atoms with Crippen LogP contribution in [0.1, 0.15) is 44.5 Å². The van der Waals surface area contributed by atoms with E-state index in [1.165, 1.54) is 133 Å². The third-order valence-corrected chi connectivity index (χ3v) is 18.6. The second-order valence-electron chi connectivity index (χ2n) is 22.1. The van der Waals surface area contributed by atoms with Crippen LogP contribution in [0.2, 0.25) is 0 Å². The summed E-state index contributed by atoms with van der Waals surface area (Å²) in [6.45, 7) is 0. The molecule has 2 nitrogen and oxygen atoms in total. The van der Waals surface area contributed by atoms with Gasteiger partial charge in [-0.15, -0.1) is 0 Å². The van der Waals surface area contributed by atoms with Crippen molar-refractivity contribution < 1.29 is 0 Å². The smallest absolute Gasteiger partial charge is 0.0755 e. The van der Waals surface area contributed by atoms with E-state index in [4.69, 9.17) is 0 Å². The first-order valence-corrected chi connectivity index (χ1v) is 28.0. The molecule has 4 aliphatic rings. The number of hydrogen-bond acceptors (Lipinski definition) is 1. The molecule has 0 bridgehead atoms. The third-order valence-electron chi connectivity index (χ3n) is 18.6. The minimum absolute atomic E-state index is 0.528. The Labute approximate surface area is 464 Å². The molecular weight excluding hydrogens is 965 g/mol. The second-order valence-corrected chi connectivity index (χ2v) is 22.1. The summed E-state index contributed by atoms with van der Waals surface area (Å²) in [6.07, 6.45) is 0. The number of para-hydroxylation sites is 4. The molecule has 1 aliphatic heterocycles. The van der Waals surface area contributed by atoms with Crippen LogP contribution in [0.3, 0.4) is 0 Å². The van der Waals surface area contributed by atoms with Crippen molar-refractivity contribution in [1.29, 1.82) is 0 Å². The summed E-state index contributed by atoms with van der Waals surface area (Å²) in [7, 11) is 0. The van der Waals surface area contributed by atoms with Crippen LogP contribution in [0, 0.1) is 0 Å². The van der Waals surface area contributed by atoms with Crippen LogP contribution in [0.4, 0.5) is 17.1 Å². The molecule has 0 saturated heterocycles. The summed E-state index contributed by atoms with van der Waals surface area (Å²) >= 11 is 0. The highest BCUT2D eigenvalue weighted by atomic mass is 15.1. The van der Waals surface area contributed by atoms with E-state index in [1.807, 2.05) is 0 Å². The maximum atomic E-state index is 2.62. The Morgan fingerprint density at radius 2 is 0.713 bits per heavy atom. The van der Waals surface area contributed by atoms with E-state index in [-0.39, 0.29) is 0 Å². The van der Waals surface area contributed by atoms with E-state index in [1.54, 1.807) is 0 Å². The summed E-state index contributed by atoms with van der Waals surface area (Å²) < 4.78 is 2.54. The molecule has 1 atom stereocenters. The Bertz CT molecular complexity index is 4920. The summed E-state index contributed by atoms with van der Waals surface area (Å²) in [5, 5.41) is 5.01. The average Bonchev–Trinajstić information content (AvgIpc) is 3.41. The zero-order valence-corrected chi connectivity index (χ0v) is 43.6. The molecule has 13 aromatic carbocycles. The van der Waals surface area contributed by atoms with Gasteiger partial charge in [0.2, 0.25) is 0 Å². The number of hydrogen-bond donors (Lipinski definition) is 0. The van der Waals surface area contributed by atoms with Gasteiger partial charge in [-0.2, -0.15) is 0 Å². The molecule has 14 aromatic rings. The lowest BCUT2D eigenvalue weighted by Gasteiger charge is -2.39. The van der Waals surface area contributed by atoms with Crippen molar-refractivity contribution in [3.63, 3.8) is 0 Å². The van der Waals surface area contributed by atoms with Crippen molar-refractivity contribution in [2.45, 2.75) is 10.8 Å². The molecule has 0 amide bonds. The fourth-order valence-corrected chi connectivity index (χ4v) is 15.7. The maximum Gasteiger partial charge on any atom is 0.0755 e. The van der Waals surface area contributed by atoms with Crippen LogP contribution in [-0.2, 0) is 10.8 Å². The van der Waals surface area contributed by atoms with Crippen LogP contribution in [0.15, 0.2) is 291 Å². The first-order valence-electron chi connectivity index (χ1n) is 28.0. The van der Waals surface area contributed by atoms with Crippen LogP contribution >= 0.6 is 0 Å². The van der Waals surface area contributed by atoms with Gasteiger partial charge in [-0.25, -0.2) is 0 Å². The van der Waals surface area contributed by atoms with E-state index in [0.29, 0.717) is 0 Å². The zero-order valence-electron chi connectivity index (χ0n) is 43.6. The Balaban J connectivity index is 0.958. The molecule has 370 valence electrons. The summed E-state index contributed by atoms with van der Waals surface area (Å²) in [4.78, 5) is 2.62. The van der Waals surface area contributed by atoms with Crippen LogP contribution < -0.4 is 4.90 Å². The molecule has 1 aromatic heterocycles. The topological polar surface area (TPSA) is 8.17 Å². The second kappa shape index (κ2) is 16.1. The minimum Gasteiger partial charge on any atom is -0.309 e. The Morgan fingerprint density at radius 1 is 0.263 bits per heavy atom. The third kappa shape index (κ3) is 5.43. The predicted molar refractivity (Wildman–Crippen MR) is 331 cm³/mol. The molecule has 2 spiro atoms. The van der Waals surface area contributed by atoms with E-state index in [0.717, 1.165) is 22.6 Å². The molecule has 18 rings (SSSR count). The Hall–Kier alpha value is -10.3. The minimum atomic E-state index is -0.629. The van der Waals surface area contributed by atoms with Crippen molar-refractivity contribution in [3.05, 3.63) is 336 Å². The summed E-state index contributed by atoms with van der Waals surface area (Å²) in [5.74, 6) is 0. The molecule has 3 aliphatic carbocycles. The number of aromatic nitrogens is 1. The van der Waals surface area contributed by atoms with Gasteiger partial charge in [0.15, 0.2) is 0 Å². The van der Waals surface area contributed by atoms with Crippen molar-refractivity contribution in [3.8, 4) is 61.3 Å². The number of anilines is 3.